The molecule has 56 heavy (non-hydrogen) atoms. The van der Waals surface area contributed by atoms with Crippen LogP contribution in [0.25, 0.3) is 0 Å². The zero-order valence-corrected chi connectivity index (χ0v) is 37.7. The van der Waals surface area contributed by atoms with Gasteiger partial charge in [0, 0.05) is 6.21 Å². The Balaban J connectivity index is 0.000000820. The van der Waals surface area contributed by atoms with Crippen molar-refractivity contribution in [2.75, 3.05) is 0 Å². The van der Waals surface area contributed by atoms with Crippen molar-refractivity contribution in [2.24, 2.45) is 9.98 Å². The number of aryl methyl sites for hydroxylation is 6. The maximum atomic E-state index is 11.2. The normalized spacial score (nSPS) is 11.4. The summed E-state index contributed by atoms with van der Waals surface area (Å²) in [5.74, 6) is -0.732. The van der Waals surface area contributed by atoms with Gasteiger partial charge in [-0.2, -0.15) is 0 Å². The maximum absolute atomic E-state index is 11.2. The van der Waals surface area contributed by atoms with Gasteiger partial charge in [-0.3, -0.25) is 9.98 Å². The van der Waals surface area contributed by atoms with Gasteiger partial charge < -0.3 is 10.2 Å². The molecule has 0 aliphatic heterocycles. The van der Waals surface area contributed by atoms with E-state index in [-0.39, 0.29) is 28.0 Å². The van der Waals surface area contributed by atoms with Crippen LogP contribution in [0.15, 0.2) is 58.5 Å². The topological polar surface area (TPSA) is 70.8 Å². The van der Waals surface area contributed by atoms with Crippen molar-refractivity contribution in [3.8, 4) is 11.5 Å². The number of nitrogens with zero attached hydrogens (tertiary/aromatic N) is 2. The summed E-state index contributed by atoms with van der Waals surface area (Å²) in [6, 6.07) is 17.2. The Labute approximate surface area is 354 Å². The first-order valence-electron chi connectivity index (χ1n) is 22.7. The number of benzene rings is 3. The Morgan fingerprint density at radius 1 is 0.446 bits per heavy atom. The van der Waals surface area contributed by atoms with Gasteiger partial charge in [0.25, 0.3) is 0 Å². The first-order valence-corrected chi connectivity index (χ1v) is 22.7. The molecule has 0 aliphatic carbocycles. The SMILES string of the molecule is CCCCCc1cc(CCCCC)cc(N=CC(CCCC)=Nc2cc(CCCCC)cc(CCCCC)c2)c1.CCCCCc1cc([O-])c([O-])cc1CC.[Ni+2]. The molecule has 0 saturated carbocycles. The van der Waals surface area contributed by atoms with Gasteiger partial charge in [-0.25, -0.2) is 0 Å². The first kappa shape index (κ1) is 51.1. The molecule has 314 valence electrons. The molecular weight excluding hydrogens is 731 g/mol. The minimum atomic E-state index is -0.369. The molecular formula is C51H78N2NiO2. The Kier molecular flexibility index (Phi) is 29.3. The fourth-order valence-corrected chi connectivity index (χ4v) is 7.11. The van der Waals surface area contributed by atoms with E-state index in [1.165, 1.54) is 131 Å². The minimum Gasteiger partial charge on any atom is -0.873 e. The van der Waals surface area contributed by atoms with Crippen LogP contribution in [0.2, 0.25) is 0 Å². The first-order chi connectivity index (χ1) is 26.8. The summed E-state index contributed by atoms with van der Waals surface area (Å²) >= 11 is 0. The molecule has 5 heteroatoms. The van der Waals surface area contributed by atoms with E-state index in [1.54, 1.807) is 0 Å². The van der Waals surface area contributed by atoms with Gasteiger partial charge in [0.1, 0.15) is 0 Å². The van der Waals surface area contributed by atoms with Crippen molar-refractivity contribution in [1.82, 2.24) is 0 Å². The van der Waals surface area contributed by atoms with Crippen LogP contribution in [0.5, 0.6) is 11.5 Å². The van der Waals surface area contributed by atoms with Crippen molar-refractivity contribution in [2.45, 2.75) is 203 Å². The van der Waals surface area contributed by atoms with Crippen LogP contribution in [0, 0.1) is 0 Å². The van der Waals surface area contributed by atoms with Gasteiger partial charge in [-0.05, 0) is 141 Å². The molecule has 0 spiro atoms. The van der Waals surface area contributed by atoms with E-state index in [0.717, 1.165) is 86.0 Å². The number of hydrogen-bond donors (Lipinski definition) is 0. The smallest absolute Gasteiger partial charge is 0.873 e. The number of hydrogen-bond acceptors (Lipinski definition) is 4. The molecule has 3 aromatic carbocycles. The van der Waals surface area contributed by atoms with Gasteiger partial charge in [0.05, 0.1) is 17.1 Å². The average molecular weight is 810 g/mol. The Morgan fingerprint density at radius 2 is 0.821 bits per heavy atom. The van der Waals surface area contributed by atoms with E-state index >= 15 is 0 Å². The van der Waals surface area contributed by atoms with Crippen LogP contribution < -0.4 is 10.2 Å². The number of aliphatic imine (C=N–C) groups is 2. The van der Waals surface area contributed by atoms with Crippen LogP contribution in [-0.4, -0.2) is 11.9 Å². The van der Waals surface area contributed by atoms with E-state index in [2.05, 4.69) is 84.2 Å². The standard InChI is InChI=1S/C38H60N2.C13H20O2.Ni/c1-6-11-16-20-32-25-33(21-17-12-7-2)28-37(27-32)39-31-36(24-15-10-5)40-38-29-34(22-18-13-8-3)26-35(30-38)23-19-14-9-4;1-3-5-6-7-11-9-13(15)12(14)8-10(11)4-2;/h25-31H,6-24H2,1-5H3;8-9,14-15H,3-7H2,1-2H3;/q;;+2/p-2. The molecule has 4 nitrogen and oxygen atoms in total. The monoisotopic (exact) mass is 809 g/mol. The molecule has 0 amide bonds. The fourth-order valence-electron chi connectivity index (χ4n) is 7.11. The largest absolute Gasteiger partial charge is 2.00 e. The number of unbranched alkanes of at least 4 members (excludes halogenated alkanes) is 11. The van der Waals surface area contributed by atoms with Crippen LogP contribution in [0.3, 0.4) is 0 Å². The van der Waals surface area contributed by atoms with Crippen LogP contribution >= 0.6 is 0 Å². The van der Waals surface area contributed by atoms with Gasteiger partial charge in [-0.15, -0.1) is 11.5 Å². The number of rotatable bonds is 27. The van der Waals surface area contributed by atoms with E-state index in [1.807, 2.05) is 6.92 Å². The summed E-state index contributed by atoms with van der Waals surface area (Å²) in [7, 11) is 0. The van der Waals surface area contributed by atoms with E-state index in [9.17, 15) is 10.2 Å². The zero-order chi connectivity index (χ0) is 40.1. The predicted molar refractivity (Wildman–Crippen MR) is 239 cm³/mol. The van der Waals surface area contributed by atoms with Gasteiger partial charge in [0.2, 0.25) is 0 Å². The second kappa shape index (κ2) is 32.1. The second-order valence-electron chi connectivity index (χ2n) is 15.7. The molecule has 0 radical (unpaired) electrons. The summed E-state index contributed by atoms with van der Waals surface area (Å²) in [5.41, 5.74) is 11.2. The minimum absolute atomic E-state index is 0. The van der Waals surface area contributed by atoms with Crippen molar-refractivity contribution >= 4 is 23.3 Å². The van der Waals surface area contributed by atoms with Crippen LogP contribution in [0.1, 0.15) is 197 Å². The molecule has 0 aliphatic rings. The summed E-state index contributed by atoms with van der Waals surface area (Å²) in [4.78, 5) is 10.3. The summed E-state index contributed by atoms with van der Waals surface area (Å²) in [5, 5.41) is 22.4. The third-order valence-electron chi connectivity index (χ3n) is 10.5. The molecule has 0 unspecified atom stereocenters. The summed E-state index contributed by atoms with van der Waals surface area (Å²) < 4.78 is 0. The molecule has 0 heterocycles. The maximum Gasteiger partial charge on any atom is 2.00 e. The molecule has 0 aromatic heterocycles. The Hall–Kier alpha value is -2.91. The third kappa shape index (κ3) is 21.6. The van der Waals surface area contributed by atoms with Gasteiger partial charge in [-0.1, -0.05) is 143 Å². The van der Waals surface area contributed by atoms with E-state index in [0.29, 0.717) is 0 Å². The van der Waals surface area contributed by atoms with Crippen LogP contribution in [0.4, 0.5) is 11.4 Å². The Bertz CT molecular complexity index is 1470. The van der Waals surface area contributed by atoms with Crippen molar-refractivity contribution < 1.29 is 26.7 Å². The zero-order valence-electron chi connectivity index (χ0n) is 36.7. The van der Waals surface area contributed by atoms with Crippen LogP contribution in [-0.2, 0) is 55.0 Å². The second-order valence-corrected chi connectivity index (χ2v) is 15.7. The molecule has 3 rings (SSSR count). The average Bonchev–Trinajstić information content (AvgIpc) is 3.18. The van der Waals surface area contributed by atoms with E-state index < -0.39 is 0 Å². The molecule has 0 saturated heterocycles. The Morgan fingerprint density at radius 3 is 1.21 bits per heavy atom. The summed E-state index contributed by atoms with van der Waals surface area (Å²) in [6.07, 6.45) is 30.4. The third-order valence-corrected chi connectivity index (χ3v) is 10.5. The molecule has 0 N–H and O–H groups in total. The van der Waals surface area contributed by atoms with Gasteiger partial charge >= 0.3 is 16.5 Å². The predicted octanol–water partition coefficient (Wildman–Crippen LogP) is 14.4. The van der Waals surface area contributed by atoms with Crippen molar-refractivity contribution in [1.29, 1.82) is 0 Å². The fraction of sp³-hybridized carbons (Fsp3) is 0.608. The van der Waals surface area contributed by atoms with E-state index in [4.69, 9.17) is 9.98 Å². The quantitative estimate of drug-likeness (QED) is 0.0437. The molecule has 3 aromatic rings. The van der Waals surface area contributed by atoms with Crippen molar-refractivity contribution in [3.63, 3.8) is 0 Å². The van der Waals surface area contributed by atoms with Gasteiger partial charge in [0.15, 0.2) is 0 Å². The molecule has 0 fully saturated rings. The molecule has 0 atom stereocenters. The summed E-state index contributed by atoms with van der Waals surface area (Å²) in [6.45, 7) is 15.6. The molecule has 0 bridgehead atoms. The van der Waals surface area contributed by atoms with Crippen molar-refractivity contribution in [3.05, 3.63) is 81.9 Å².